The van der Waals surface area contributed by atoms with Crippen LogP contribution >= 0.6 is 0 Å². The van der Waals surface area contributed by atoms with Crippen molar-refractivity contribution in [1.82, 2.24) is 19.4 Å². The third-order valence-corrected chi connectivity index (χ3v) is 6.99. The van der Waals surface area contributed by atoms with Crippen LogP contribution in [0.4, 0.5) is 0 Å². The van der Waals surface area contributed by atoms with E-state index in [1.54, 1.807) is 0 Å². The van der Waals surface area contributed by atoms with Crippen molar-refractivity contribution < 1.29 is 4.79 Å². The Labute approximate surface area is 161 Å². The Bertz CT molecular complexity index is 817. The number of pyridine rings is 1. The van der Waals surface area contributed by atoms with Gasteiger partial charge < -0.3 is 9.47 Å². The first-order valence-corrected chi connectivity index (χ1v) is 10.9. The summed E-state index contributed by atoms with van der Waals surface area (Å²) < 4.78 is 2.40. The standard InChI is InChI=1S/C22H30N4O/c27-22(17-9-2-1-3-10-17)25-14-12-18(15-25)26-20(16-7-4-5-8-16)24-19-11-6-13-23-21(19)26/h6,11,13,16-18H,1-5,7-10,12,14-15H2/t18-/m1/s1. The molecule has 2 aromatic rings. The number of nitrogens with zero attached hydrogens (tertiary/aromatic N) is 4. The lowest BCUT2D eigenvalue weighted by Crippen LogP contribution is -2.35. The van der Waals surface area contributed by atoms with Gasteiger partial charge in [-0.2, -0.15) is 0 Å². The maximum atomic E-state index is 13.0. The summed E-state index contributed by atoms with van der Waals surface area (Å²) in [4.78, 5) is 24.8. The van der Waals surface area contributed by atoms with Crippen molar-refractivity contribution in [2.45, 2.75) is 76.2 Å². The molecular weight excluding hydrogens is 336 g/mol. The highest BCUT2D eigenvalue weighted by Crippen LogP contribution is 2.38. The Kier molecular flexibility index (Phi) is 4.62. The highest BCUT2D eigenvalue weighted by Gasteiger charge is 2.35. The molecule has 2 saturated carbocycles. The molecule has 3 aliphatic rings. The summed E-state index contributed by atoms with van der Waals surface area (Å²) >= 11 is 0. The van der Waals surface area contributed by atoms with Crippen molar-refractivity contribution in [2.24, 2.45) is 5.92 Å². The van der Waals surface area contributed by atoms with Gasteiger partial charge in [0.1, 0.15) is 11.3 Å². The average molecular weight is 367 g/mol. The first kappa shape index (κ1) is 17.2. The number of carbonyl (C=O) groups is 1. The van der Waals surface area contributed by atoms with Crippen molar-refractivity contribution >= 4 is 17.1 Å². The summed E-state index contributed by atoms with van der Waals surface area (Å²) in [5, 5.41) is 0. The molecule has 3 heterocycles. The van der Waals surface area contributed by atoms with Crippen LogP contribution in [0.15, 0.2) is 18.3 Å². The SMILES string of the molecule is O=C(C1CCCCC1)N1CC[C@@H](n2c(C3CCCC3)nc3cccnc32)C1. The maximum absolute atomic E-state index is 13.0. The minimum atomic E-state index is 0.268. The van der Waals surface area contributed by atoms with Crippen molar-refractivity contribution in [2.75, 3.05) is 13.1 Å². The molecule has 1 atom stereocenters. The van der Waals surface area contributed by atoms with Crippen LogP contribution in [-0.4, -0.2) is 38.4 Å². The lowest BCUT2D eigenvalue weighted by atomic mass is 9.88. The number of hydrogen-bond acceptors (Lipinski definition) is 3. The molecule has 3 fully saturated rings. The van der Waals surface area contributed by atoms with E-state index in [4.69, 9.17) is 4.98 Å². The monoisotopic (exact) mass is 366 g/mol. The summed E-state index contributed by atoms with van der Waals surface area (Å²) in [6.45, 7) is 1.72. The van der Waals surface area contributed by atoms with E-state index in [1.165, 1.54) is 50.8 Å². The van der Waals surface area contributed by atoms with Crippen LogP contribution in [0.3, 0.4) is 0 Å². The summed E-state index contributed by atoms with van der Waals surface area (Å²) in [6.07, 6.45) is 13.9. The number of hydrogen-bond donors (Lipinski definition) is 0. The van der Waals surface area contributed by atoms with E-state index >= 15 is 0 Å². The molecule has 0 unspecified atom stereocenters. The van der Waals surface area contributed by atoms with Gasteiger partial charge >= 0.3 is 0 Å². The van der Waals surface area contributed by atoms with Gasteiger partial charge in [-0.1, -0.05) is 32.1 Å². The van der Waals surface area contributed by atoms with Crippen molar-refractivity contribution in [3.8, 4) is 0 Å². The number of rotatable bonds is 3. The van der Waals surface area contributed by atoms with Gasteiger partial charge in [0.15, 0.2) is 5.65 Å². The van der Waals surface area contributed by atoms with Crippen LogP contribution in [0, 0.1) is 5.92 Å². The molecule has 27 heavy (non-hydrogen) atoms. The zero-order valence-corrected chi connectivity index (χ0v) is 16.1. The minimum absolute atomic E-state index is 0.268. The fraction of sp³-hybridized carbons (Fsp3) is 0.682. The molecule has 5 rings (SSSR count). The number of carbonyl (C=O) groups excluding carboxylic acids is 1. The molecule has 5 heteroatoms. The Morgan fingerprint density at radius 3 is 2.59 bits per heavy atom. The fourth-order valence-electron chi connectivity index (χ4n) is 5.54. The van der Waals surface area contributed by atoms with E-state index in [0.29, 0.717) is 17.9 Å². The average Bonchev–Trinajstić information content (AvgIpc) is 3.46. The Morgan fingerprint density at radius 2 is 1.78 bits per heavy atom. The second-order valence-electron chi connectivity index (χ2n) is 8.73. The van der Waals surface area contributed by atoms with Crippen molar-refractivity contribution in [3.05, 3.63) is 24.2 Å². The first-order valence-electron chi connectivity index (χ1n) is 10.9. The number of fused-ring (bicyclic) bond motifs is 1. The van der Waals surface area contributed by atoms with Gasteiger partial charge in [-0.15, -0.1) is 0 Å². The highest BCUT2D eigenvalue weighted by atomic mass is 16.2. The molecule has 0 spiro atoms. The van der Waals surface area contributed by atoms with Crippen LogP contribution in [0.1, 0.15) is 82.0 Å². The quantitative estimate of drug-likeness (QED) is 0.807. The van der Waals surface area contributed by atoms with E-state index in [-0.39, 0.29) is 5.92 Å². The summed E-state index contributed by atoms with van der Waals surface area (Å²) in [7, 11) is 0. The third kappa shape index (κ3) is 3.15. The Balaban J connectivity index is 1.42. The molecule has 0 N–H and O–H groups in total. The van der Waals surface area contributed by atoms with Crippen molar-refractivity contribution in [3.63, 3.8) is 0 Å². The summed E-state index contributed by atoms with van der Waals surface area (Å²) in [6, 6.07) is 4.39. The molecular formula is C22H30N4O. The number of aromatic nitrogens is 3. The first-order chi connectivity index (χ1) is 13.3. The van der Waals surface area contributed by atoms with Gasteiger partial charge in [0.25, 0.3) is 0 Å². The third-order valence-electron chi connectivity index (χ3n) is 6.99. The smallest absolute Gasteiger partial charge is 0.225 e. The van der Waals surface area contributed by atoms with Gasteiger partial charge in [0.2, 0.25) is 5.91 Å². The molecule has 0 radical (unpaired) electrons. The fourth-order valence-corrected chi connectivity index (χ4v) is 5.54. The summed E-state index contributed by atoms with van der Waals surface area (Å²) in [5.41, 5.74) is 2.02. The van der Waals surface area contributed by atoms with Gasteiger partial charge in [-0.05, 0) is 44.2 Å². The molecule has 1 saturated heterocycles. The van der Waals surface area contributed by atoms with E-state index in [9.17, 15) is 4.79 Å². The van der Waals surface area contributed by atoms with Crippen LogP contribution < -0.4 is 0 Å². The maximum Gasteiger partial charge on any atom is 0.225 e. The van der Waals surface area contributed by atoms with Gasteiger partial charge in [-0.3, -0.25) is 4.79 Å². The molecule has 2 aromatic heterocycles. The molecule has 1 amide bonds. The van der Waals surface area contributed by atoms with E-state index in [1.807, 2.05) is 12.3 Å². The van der Waals surface area contributed by atoms with Gasteiger partial charge in [0.05, 0.1) is 6.04 Å². The normalized spacial score (nSPS) is 24.9. The largest absolute Gasteiger partial charge is 0.340 e. The van der Waals surface area contributed by atoms with Crippen LogP contribution in [0.5, 0.6) is 0 Å². The van der Waals surface area contributed by atoms with Crippen LogP contribution in [0.25, 0.3) is 11.2 Å². The van der Waals surface area contributed by atoms with E-state index in [2.05, 4.69) is 20.5 Å². The Hall–Kier alpha value is -1.91. The van der Waals surface area contributed by atoms with Gasteiger partial charge in [0, 0.05) is 31.1 Å². The summed E-state index contributed by atoms with van der Waals surface area (Å²) in [5.74, 6) is 2.45. The number of likely N-dealkylation sites (tertiary alicyclic amines) is 1. The van der Waals surface area contributed by atoms with Crippen LogP contribution in [0.2, 0.25) is 0 Å². The zero-order valence-electron chi connectivity index (χ0n) is 16.1. The molecule has 2 aliphatic carbocycles. The Morgan fingerprint density at radius 1 is 1.00 bits per heavy atom. The predicted molar refractivity (Wildman–Crippen MR) is 106 cm³/mol. The van der Waals surface area contributed by atoms with Crippen LogP contribution in [-0.2, 0) is 4.79 Å². The molecule has 1 aliphatic heterocycles. The minimum Gasteiger partial charge on any atom is -0.340 e. The number of amides is 1. The zero-order chi connectivity index (χ0) is 18.2. The molecule has 0 bridgehead atoms. The predicted octanol–water partition coefficient (Wildman–Crippen LogP) is 4.44. The topological polar surface area (TPSA) is 51.0 Å². The molecule has 144 valence electrons. The second-order valence-corrected chi connectivity index (χ2v) is 8.73. The number of imidazole rings is 1. The lowest BCUT2D eigenvalue weighted by Gasteiger charge is -2.26. The second kappa shape index (κ2) is 7.25. The van der Waals surface area contributed by atoms with Gasteiger partial charge in [-0.25, -0.2) is 9.97 Å². The highest BCUT2D eigenvalue weighted by molar-refractivity contribution is 5.79. The van der Waals surface area contributed by atoms with E-state index < -0.39 is 0 Å². The molecule has 5 nitrogen and oxygen atoms in total. The lowest BCUT2D eigenvalue weighted by molar-refractivity contribution is -0.135. The molecule has 0 aromatic carbocycles. The van der Waals surface area contributed by atoms with E-state index in [0.717, 1.165) is 43.5 Å². The van der Waals surface area contributed by atoms with Crippen molar-refractivity contribution in [1.29, 1.82) is 0 Å².